The first kappa shape index (κ1) is 25.1. The zero-order valence-corrected chi connectivity index (χ0v) is 20.5. The number of nitrogens with zero attached hydrogens (tertiary/aromatic N) is 2. The number of β-amino-alcohol motifs (C(OH)–C–C–N with tert-alkyl or cyclic N) is 1. The van der Waals surface area contributed by atoms with Gasteiger partial charge in [0.25, 0.3) is 0 Å². The lowest BCUT2D eigenvalue weighted by Gasteiger charge is -2.35. The molecule has 1 aliphatic heterocycles. The van der Waals surface area contributed by atoms with Crippen molar-refractivity contribution in [3.63, 3.8) is 0 Å². The van der Waals surface area contributed by atoms with Crippen LogP contribution in [0.4, 0.5) is 5.69 Å². The van der Waals surface area contributed by atoms with E-state index in [0.29, 0.717) is 56.7 Å². The van der Waals surface area contributed by atoms with Gasteiger partial charge < -0.3 is 29.1 Å². The minimum Gasteiger partial charge on any atom is -0.493 e. The van der Waals surface area contributed by atoms with Crippen LogP contribution in [0, 0.1) is 5.92 Å². The van der Waals surface area contributed by atoms with E-state index >= 15 is 0 Å². The molecule has 4 rings (SSSR count). The van der Waals surface area contributed by atoms with Crippen molar-refractivity contribution in [1.82, 2.24) is 4.90 Å². The van der Waals surface area contributed by atoms with E-state index in [1.165, 1.54) is 12.8 Å². The molecule has 0 spiro atoms. The van der Waals surface area contributed by atoms with Crippen LogP contribution in [0.25, 0.3) is 0 Å². The Labute approximate surface area is 207 Å². The number of amides is 1. The number of benzene rings is 2. The Kier molecular flexibility index (Phi) is 8.66. The van der Waals surface area contributed by atoms with E-state index in [4.69, 9.17) is 14.2 Å². The van der Waals surface area contributed by atoms with Crippen LogP contribution in [-0.4, -0.2) is 62.0 Å². The Morgan fingerprint density at radius 1 is 1.17 bits per heavy atom. The smallest absolute Gasteiger partial charge is 0.224 e. The fourth-order valence-electron chi connectivity index (χ4n) is 4.46. The van der Waals surface area contributed by atoms with Gasteiger partial charge in [-0.25, -0.2) is 0 Å². The standard InChI is InChI=1S/C28H36N2O5/c1-3-15-35-28-24-18-30(16-21-9-10-21)27(32)13-14-29(25(24)11-12-26(28)33-2)17-23(31)20-34-19-22-7-5-4-6-8-22/h3-8,11-12,21,23,31H,1,9-10,13-20H2,2H3/t23-/m1/s1. The first-order chi connectivity index (χ1) is 17.1. The summed E-state index contributed by atoms with van der Waals surface area (Å²) in [5, 5.41) is 10.8. The van der Waals surface area contributed by atoms with Gasteiger partial charge in [0.1, 0.15) is 6.61 Å². The van der Waals surface area contributed by atoms with E-state index in [1.54, 1.807) is 13.2 Å². The van der Waals surface area contributed by atoms with Gasteiger partial charge in [0.05, 0.1) is 33.0 Å². The number of methoxy groups -OCH3 is 1. The number of ether oxygens (including phenoxy) is 3. The van der Waals surface area contributed by atoms with Crippen LogP contribution in [-0.2, 0) is 22.7 Å². The molecule has 1 atom stereocenters. The summed E-state index contributed by atoms with van der Waals surface area (Å²) in [6.45, 7) is 6.83. The SMILES string of the molecule is C=CCOc1c(OC)ccc2c1CN(CC1CC1)C(=O)CCN2C[C@@H](O)COCc1ccccc1. The lowest BCUT2D eigenvalue weighted by atomic mass is 10.0. The van der Waals surface area contributed by atoms with Gasteiger partial charge >= 0.3 is 0 Å². The largest absolute Gasteiger partial charge is 0.493 e. The van der Waals surface area contributed by atoms with Gasteiger partial charge in [-0.2, -0.15) is 0 Å². The van der Waals surface area contributed by atoms with E-state index in [2.05, 4.69) is 11.5 Å². The zero-order valence-electron chi connectivity index (χ0n) is 20.5. The number of rotatable bonds is 12. The molecule has 0 aromatic heterocycles. The minimum atomic E-state index is -0.705. The number of aliphatic hydroxyl groups is 1. The van der Waals surface area contributed by atoms with Crippen LogP contribution >= 0.6 is 0 Å². The van der Waals surface area contributed by atoms with Crippen molar-refractivity contribution in [2.75, 3.05) is 44.9 Å². The molecule has 0 bridgehead atoms. The predicted molar refractivity (Wildman–Crippen MR) is 136 cm³/mol. The number of fused-ring (bicyclic) bond motifs is 1. The fourth-order valence-corrected chi connectivity index (χ4v) is 4.46. The van der Waals surface area contributed by atoms with Crippen molar-refractivity contribution in [3.05, 3.63) is 66.2 Å². The molecule has 2 aromatic carbocycles. The second-order valence-electron chi connectivity index (χ2n) is 9.26. The van der Waals surface area contributed by atoms with E-state index in [0.717, 1.165) is 23.4 Å². The van der Waals surface area contributed by atoms with Gasteiger partial charge in [0, 0.05) is 37.3 Å². The first-order valence-corrected chi connectivity index (χ1v) is 12.3. The Bertz CT molecular complexity index is 992. The van der Waals surface area contributed by atoms with E-state index in [-0.39, 0.29) is 12.5 Å². The summed E-state index contributed by atoms with van der Waals surface area (Å²) in [7, 11) is 1.62. The third-order valence-corrected chi connectivity index (χ3v) is 6.43. The van der Waals surface area contributed by atoms with Crippen LogP contribution in [0.1, 0.15) is 30.4 Å². The van der Waals surface area contributed by atoms with Crippen molar-refractivity contribution in [3.8, 4) is 11.5 Å². The molecule has 0 unspecified atom stereocenters. The highest BCUT2D eigenvalue weighted by atomic mass is 16.5. The summed E-state index contributed by atoms with van der Waals surface area (Å²) in [6, 6.07) is 13.8. The van der Waals surface area contributed by atoms with Crippen molar-refractivity contribution >= 4 is 11.6 Å². The Morgan fingerprint density at radius 3 is 2.69 bits per heavy atom. The number of carbonyl (C=O) groups excluding carboxylic acids is 1. The Balaban J connectivity index is 1.54. The second kappa shape index (κ2) is 12.1. The summed E-state index contributed by atoms with van der Waals surface area (Å²) in [4.78, 5) is 17.1. The quantitative estimate of drug-likeness (QED) is 0.466. The van der Waals surface area contributed by atoms with Gasteiger partial charge in [-0.15, -0.1) is 0 Å². The molecule has 1 heterocycles. The highest BCUT2D eigenvalue weighted by Crippen LogP contribution is 2.41. The first-order valence-electron chi connectivity index (χ1n) is 12.3. The molecule has 0 saturated heterocycles. The Hall–Kier alpha value is -3.03. The number of anilines is 1. The summed E-state index contributed by atoms with van der Waals surface area (Å²) < 4.78 is 17.4. The number of carbonyl (C=O) groups is 1. The molecule has 2 aromatic rings. The minimum absolute atomic E-state index is 0.125. The van der Waals surface area contributed by atoms with Crippen molar-refractivity contribution in [1.29, 1.82) is 0 Å². The van der Waals surface area contributed by atoms with Gasteiger partial charge in [0.2, 0.25) is 5.91 Å². The lowest BCUT2D eigenvalue weighted by Crippen LogP contribution is -2.42. The highest BCUT2D eigenvalue weighted by Gasteiger charge is 2.31. The molecule has 7 heteroatoms. The fraction of sp³-hybridized carbons (Fsp3) is 0.464. The Morgan fingerprint density at radius 2 is 1.97 bits per heavy atom. The topological polar surface area (TPSA) is 71.5 Å². The molecular formula is C28H36N2O5. The zero-order chi connectivity index (χ0) is 24.6. The van der Waals surface area contributed by atoms with Crippen LogP contribution in [0.3, 0.4) is 0 Å². The molecule has 1 N–H and O–H groups in total. The maximum absolute atomic E-state index is 13.1. The van der Waals surface area contributed by atoms with Gasteiger partial charge in [-0.1, -0.05) is 43.0 Å². The number of hydrogen-bond acceptors (Lipinski definition) is 6. The van der Waals surface area contributed by atoms with Crippen LogP contribution in [0.2, 0.25) is 0 Å². The average Bonchev–Trinajstić information content (AvgIpc) is 3.69. The number of aliphatic hydroxyl groups excluding tert-OH is 1. The van der Waals surface area contributed by atoms with Crippen LogP contribution in [0.5, 0.6) is 11.5 Å². The molecule has 1 saturated carbocycles. The molecule has 1 amide bonds. The highest BCUT2D eigenvalue weighted by molar-refractivity contribution is 5.79. The molecule has 35 heavy (non-hydrogen) atoms. The van der Waals surface area contributed by atoms with E-state index in [1.807, 2.05) is 47.4 Å². The van der Waals surface area contributed by atoms with Crippen LogP contribution in [0.15, 0.2) is 55.1 Å². The predicted octanol–water partition coefficient (Wildman–Crippen LogP) is 3.79. The third kappa shape index (κ3) is 6.77. The molecular weight excluding hydrogens is 444 g/mol. The second-order valence-corrected chi connectivity index (χ2v) is 9.26. The van der Waals surface area contributed by atoms with Gasteiger partial charge in [0.15, 0.2) is 11.5 Å². The molecule has 1 aliphatic carbocycles. The van der Waals surface area contributed by atoms with E-state index < -0.39 is 6.10 Å². The van der Waals surface area contributed by atoms with Crippen LogP contribution < -0.4 is 14.4 Å². The van der Waals surface area contributed by atoms with Gasteiger partial charge in [-0.3, -0.25) is 4.79 Å². The normalized spacial score (nSPS) is 16.8. The monoisotopic (exact) mass is 480 g/mol. The molecule has 2 aliphatic rings. The summed E-state index contributed by atoms with van der Waals surface area (Å²) in [5.74, 6) is 1.96. The maximum atomic E-state index is 13.1. The third-order valence-electron chi connectivity index (χ3n) is 6.43. The maximum Gasteiger partial charge on any atom is 0.224 e. The molecule has 7 nitrogen and oxygen atoms in total. The van der Waals surface area contributed by atoms with Crippen molar-refractivity contribution in [2.45, 2.75) is 38.5 Å². The number of hydrogen-bond donors (Lipinski definition) is 1. The summed E-state index contributed by atoms with van der Waals surface area (Å²) >= 11 is 0. The molecule has 0 radical (unpaired) electrons. The van der Waals surface area contributed by atoms with Gasteiger partial charge in [-0.05, 0) is 36.5 Å². The van der Waals surface area contributed by atoms with E-state index in [9.17, 15) is 9.90 Å². The van der Waals surface area contributed by atoms with Crippen molar-refractivity contribution < 1.29 is 24.1 Å². The average molecular weight is 481 g/mol. The molecule has 1 fully saturated rings. The summed E-state index contributed by atoms with van der Waals surface area (Å²) in [6.07, 6.45) is 3.74. The lowest BCUT2D eigenvalue weighted by molar-refractivity contribution is -0.132. The van der Waals surface area contributed by atoms with Crippen molar-refractivity contribution in [2.24, 2.45) is 5.92 Å². The summed E-state index contributed by atoms with van der Waals surface area (Å²) in [5.41, 5.74) is 2.91. The molecule has 188 valence electrons.